The molecule has 1 nitrogen and oxygen atoms in total. The number of hydrogen-bond donors (Lipinski definition) is 1. The summed E-state index contributed by atoms with van der Waals surface area (Å²) in [6.45, 7) is 8.52. The summed E-state index contributed by atoms with van der Waals surface area (Å²) in [4.78, 5) is 0. The fourth-order valence-corrected chi connectivity index (χ4v) is 7.20. The van der Waals surface area contributed by atoms with E-state index in [9.17, 15) is 0 Å². The molecule has 0 amide bonds. The Hall–Kier alpha value is -0.480. The summed E-state index contributed by atoms with van der Waals surface area (Å²) in [6.07, 6.45) is 17.7. The molecular formula is C20H33N. The van der Waals surface area contributed by atoms with Crippen LogP contribution in [0.2, 0.25) is 0 Å². The van der Waals surface area contributed by atoms with Gasteiger partial charge in [0.05, 0.1) is 0 Å². The molecule has 0 spiro atoms. The molecule has 0 aliphatic heterocycles. The molecule has 4 aliphatic rings. The van der Waals surface area contributed by atoms with Gasteiger partial charge >= 0.3 is 0 Å². The number of hydrogen-bond acceptors (Lipinski definition) is 1. The Morgan fingerprint density at radius 3 is 2.33 bits per heavy atom. The molecule has 1 heteroatoms. The van der Waals surface area contributed by atoms with Crippen LogP contribution in [0, 0.1) is 34.5 Å². The zero-order valence-electron chi connectivity index (χ0n) is 14.3. The van der Waals surface area contributed by atoms with Crippen molar-refractivity contribution in [3.63, 3.8) is 0 Å². The van der Waals surface area contributed by atoms with E-state index in [-0.39, 0.29) is 0 Å². The quantitative estimate of drug-likeness (QED) is 0.548. The van der Waals surface area contributed by atoms with Gasteiger partial charge in [0, 0.05) is 12.5 Å². The van der Waals surface area contributed by atoms with Crippen molar-refractivity contribution in [2.45, 2.75) is 84.6 Å². The van der Waals surface area contributed by atoms with E-state index in [1.807, 2.05) is 0 Å². The lowest BCUT2D eigenvalue weighted by molar-refractivity contribution is -0.158. The lowest BCUT2D eigenvalue weighted by Crippen LogP contribution is -2.61. The van der Waals surface area contributed by atoms with Crippen LogP contribution in [0.4, 0.5) is 0 Å². The molecule has 0 aromatic rings. The highest BCUT2D eigenvalue weighted by molar-refractivity contribution is 5.13. The van der Waals surface area contributed by atoms with E-state index in [1.54, 1.807) is 0 Å². The maximum Gasteiger partial charge on any atom is 0.0124 e. The van der Waals surface area contributed by atoms with Crippen LogP contribution >= 0.6 is 0 Å². The number of rotatable bonds is 6. The van der Waals surface area contributed by atoms with Crippen molar-refractivity contribution in [2.24, 2.45) is 22.2 Å². The average molecular weight is 287 g/mol. The molecule has 0 heterocycles. The van der Waals surface area contributed by atoms with Crippen molar-refractivity contribution in [3.8, 4) is 12.3 Å². The van der Waals surface area contributed by atoms with Crippen molar-refractivity contribution in [1.82, 2.24) is 5.32 Å². The van der Waals surface area contributed by atoms with Gasteiger partial charge in [-0.05, 0) is 80.1 Å². The molecule has 0 aromatic heterocycles. The Bertz CT molecular complexity index is 414. The van der Waals surface area contributed by atoms with Gasteiger partial charge in [0.2, 0.25) is 0 Å². The smallest absolute Gasteiger partial charge is 0.0124 e. The summed E-state index contributed by atoms with van der Waals surface area (Å²) in [5.41, 5.74) is 1.80. The van der Waals surface area contributed by atoms with Gasteiger partial charge < -0.3 is 5.32 Å². The van der Waals surface area contributed by atoms with Crippen LogP contribution in [0.1, 0.15) is 78.6 Å². The fraction of sp³-hybridized carbons (Fsp3) is 0.900. The van der Waals surface area contributed by atoms with Gasteiger partial charge in [0.25, 0.3) is 0 Å². The van der Waals surface area contributed by atoms with E-state index in [4.69, 9.17) is 6.42 Å². The molecule has 0 saturated heterocycles. The second-order valence-corrected chi connectivity index (χ2v) is 9.20. The Kier molecular flexibility index (Phi) is 3.90. The highest BCUT2D eigenvalue weighted by Gasteiger charge is 2.61. The number of terminal acetylenes is 1. The van der Waals surface area contributed by atoms with E-state index in [2.05, 4.69) is 32.0 Å². The van der Waals surface area contributed by atoms with Crippen LogP contribution in [-0.2, 0) is 0 Å². The SMILES string of the molecule is C#CCCCC(NCC)C12CC3CC(C)(CC(C)(C3)C1)C2. The largest absolute Gasteiger partial charge is 0.314 e. The molecule has 4 saturated carbocycles. The zero-order valence-corrected chi connectivity index (χ0v) is 14.3. The highest BCUT2D eigenvalue weighted by Crippen LogP contribution is 2.70. The van der Waals surface area contributed by atoms with Crippen molar-refractivity contribution in [2.75, 3.05) is 6.54 Å². The Morgan fingerprint density at radius 1 is 1.14 bits per heavy atom. The standard InChI is InChI=1S/C20H33N/c1-5-7-8-9-17(21-6-2)20-12-16-10-18(3,14-20)13-19(4,11-16)15-20/h1,16-17,21H,6-15H2,2-4H3. The van der Waals surface area contributed by atoms with E-state index in [0.29, 0.717) is 22.3 Å². The van der Waals surface area contributed by atoms with Crippen LogP contribution in [0.5, 0.6) is 0 Å². The molecule has 118 valence electrons. The first kappa shape index (κ1) is 15.4. The molecule has 4 rings (SSSR count). The third kappa shape index (κ3) is 2.77. The monoisotopic (exact) mass is 287 g/mol. The van der Waals surface area contributed by atoms with Gasteiger partial charge in [-0.25, -0.2) is 0 Å². The predicted molar refractivity (Wildman–Crippen MR) is 90.0 cm³/mol. The van der Waals surface area contributed by atoms with E-state index < -0.39 is 0 Å². The molecular weight excluding hydrogens is 254 g/mol. The average Bonchev–Trinajstić information content (AvgIpc) is 2.33. The fourth-order valence-electron chi connectivity index (χ4n) is 7.20. The lowest BCUT2D eigenvalue weighted by atomic mass is 9.39. The molecule has 0 radical (unpaired) electrons. The first-order valence-electron chi connectivity index (χ1n) is 9.10. The van der Waals surface area contributed by atoms with Crippen LogP contribution in [-0.4, -0.2) is 12.6 Å². The van der Waals surface area contributed by atoms with Gasteiger partial charge in [-0.2, -0.15) is 0 Å². The molecule has 4 fully saturated rings. The molecule has 1 N–H and O–H groups in total. The summed E-state index contributed by atoms with van der Waals surface area (Å²) in [5, 5.41) is 3.86. The minimum absolute atomic E-state index is 0.563. The molecule has 4 aliphatic carbocycles. The third-order valence-corrected chi connectivity index (χ3v) is 6.67. The maximum atomic E-state index is 5.47. The van der Waals surface area contributed by atoms with Crippen molar-refractivity contribution in [1.29, 1.82) is 0 Å². The first-order valence-corrected chi connectivity index (χ1v) is 9.10. The molecule has 21 heavy (non-hydrogen) atoms. The molecule has 3 atom stereocenters. The number of unbranched alkanes of at least 4 members (excludes halogenated alkanes) is 1. The topological polar surface area (TPSA) is 12.0 Å². The predicted octanol–water partition coefficient (Wildman–Crippen LogP) is 4.76. The van der Waals surface area contributed by atoms with Crippen molar-refractivity contribution in [3.05, 3.63) is 0 Å². The van der Waals surface area contributed by atoms with Gasteiger partial charge in [-0.1, -0.05) is 20.8 Å². The minimum Gasteiger partial charge on any atom is -0.314 e. The van der Waals surface area contributed by atoms with Crippen LogP contribution in [0.15, 0.2) is 0 Å². The van der Waals surface area contributed by atoms with Gasteiger partial charge in [0.1, 0.15) is 0 Å². The first-order chi connectivity index (χ1) is 9.93. The van der Waals surface area contributed by atoms with Crippen molar-refractivity contribution >= 4 is 0 Å². The highest BCUT2D eigenvalue weighted by atomic mass is 14.9. The molecule has 4 bridgehead atoms. The van der Waals surface area contributed by atoms with Crippen molar-refractivity contribution < 1.29 is 0 Å². The Balaban J connectivity index is 1.82. The zero-order chi connectivity index (χ0) is 15.1. The molecule has 0 aromatic carbocycles. The van der Waals surface area contributed by atoms with Crippen LogP contribution in [0.25, 0.3) is 0 Å². The van der Waals surface area contributed by atoms with Crippen LogP contribution in [0.3, 0.4) is 0 Å². The van der Waals surface area contributed by atoms with Gasteiger partial charge in [-0.15, -0.1) is 12.3 Å². The van der Waals surface area contributed by atoms with E-state index >= 15 is 0 Å². The summed E-state index contributed by atoms with van der Waals surface area (Å²) < 4.78 is 0. The lowest BCUT2D eigenvalue weighted by Gasteiger charge is -2.67. The Labute approximate surface area is 131 Å². The summed E-state index contributed by atoms with van der Waals surface area (Å²) in [5.74, 6) is 3.82. The third-order valence-electron chi connectivity index (χ3n) is 6.67. The normalized spacial score (nSPS) is 45.5. The minimum atomic E-state index is 0.563. The van der Waals surface area contributed by atoms with Crippen LogP contribution < -0.4 is 5.32 Å². The summed E-state index contributed by atoms with van der Waals surface area (Å²) >= 11 is 0. The summed E-state index contributed by atoms with van der Waals surface area (Å²) in [7, 11) is 0. The molecule has 3 unspecified atom stereocenters. The Morgan fingerprint density at radius 2 is 1.81 bits per heavy atom. The number of nitrogens with one attached hydrogen (secondary N) is 1. The second kappa shape index (κ2) is 5.31. The van der Waals surface area contributed by atoms with E-state index in [1.165, 1.54) is 51.4 Å². The van der Waals surface area contributed by atoms with Gasteiger partial charge in [-0.3, -0.25) is 0 Å². The summed E-state index contributed by atoms with van der Waals surface area (Å²) in [6, 6.07) is 0.693. The van der Waals surface area contributed by atoms with Gasteiger partial charge in [0.15, 0.2) is 0 Å². The maximum absolute atomic E-state index is 5.47. The second-order valence-electron chi connectivity index (χ2n) is 9.20. The van der Waals surface area contributed by atoms with E-state index in [0.717, 1.165) is 18.9 Å².